The van der Waals surface area contributed by atoms with E-state index >= 15 is 0 Å². The van der Waals surface area contributed by atoms with E-state index < -0.39 is 0 Å². The maximum Gasteiger partial charge on any atom is 0.136 e. The third kappa shape index (κ3) is 2.64. The number of Topliss-reactive ketones (excluding diaryl/α,β-unsaturated/α-hetero) is 1. The summed E-state index contributed by atoms with van der Waals surface area (Å²) in [6.45, 7) is 2.13. The molecule has 0 N–H and O–H groups in total. The van der Waals surface area contributed by atoms with Gasteiger partial charge in [-0.15, -0.1) is 0 Å². The van der Waals surface area contributed by atoms with Crippen LogP contribution in [0, 0.1) is 11.8 Å². The largest absolute Gasteiger partial charge is 0.303 e. The molecule has 0 bridgehead atoms. The van der Waals surface area contributed by atoms with E-state index in [2.05, 4.69) is 6.92 Å². The number of hydrogen-bond donors (Lipinski definition) is 0. The van der Waals surface area contributed by atoms with Crippen molar-refractivity contribution in [2.75, 3.05) is 0 Å². The summed E-state index contributed by atoms with van der Waals surface area (Å²) in [4.78, 5) is 21.8. The van der Waals surface area contributed by atoms with Gasteiger partial charge in [-0.3, -0.25) is 4.79 Å². The topological polar surface area (TPSA) is 34.1 Å². The molecule has 0 aromatic carbocycles. The van der Waals surface area contributed by atoms with Crippen molar-refractivity contribution in [2.24, 2.45) is 11.8 Å². The van der Waals surface area contributed by atoms with Crippen molar-refractivity contribution in [3.05, 3.63) is 0 Å². The van der Waals surface area contributed by atoms with Gasteiger partial charge in [-0.2, -0.15) is 0 Å². The van der Waals surface area contributed by atoms with E-state index in [0.29, 0.717) is 24.5 Å². The fourth-order valence-corrected chi connectivity index (χ4v) is 2.20. The Morgan fingerprint density at radius 2 is 2.31 bits per heavy atom. The van der Waals surface area contributed by atoms with Crippen LogP contribution in [0.4, 0.5) is 0 Å². The lowest BCUT2D eigenvalue weighted by molar-refractivity contribution is -0.121. The van der Waals surface area contributed by atoms with Gasteiger partial charge in [-0.25, -0.2) is 0 Å². The summed E-state index contributed by atoms with van der Waals surface area (Å²) in [6, 6.07) is 0. The summed E-state index contributed by atoms with van der Waals surface area (Å²) < 4.78 is 0. The number of carbonyl (C=O) groups excluding carboxylic acids is 2. The predicted molar refractivity (Wildman–Crippen MR) is 51.4 cm³/mol. The molecule has 13 heavy (non-hydrogen) atoms. The number of rotatable bonds is 5. The van der Waals surface area contributed by atoms with Crippen molar-refractivity contribution in [3.8, 4) is 0 Å². The molecule has 2 atom stereocenters. The molecule has 0 spiro atoms. The number of aldehydes is 1. The van der Waals surface area contributed by atoms with Gasteiger partial charge >= 0.3 is 0 Å². The van der Waals surface area contributed by atoms with Crippen LogP contribution in [-0.4, -0.2) is 12.1 Å². The van der Waals surface area contributed by atoms with E-state index in [1.807, 2.05) is 0 Å². The second kappa shape index (κ2) is 5.15. The molecule has 0 saturated heterocycles. The molecule has 1 aliphatic rings. The van der Waals surface area contributed by atoms with Gasteiger partial charge in [0.1, 0.15) is 12.1 Å². The molecule has 0 aromatic rings. The lowest BCUT2D eigenvalue weighted by Crippen LogP contribution is -2.15. The maximum absolute atomic E-state index is 11.4. The van der Waals surface area contributed by atoms with Crippen molar-refractivity contribution >= 4 is 12.1 Å². The van der Waals surface area contributed by atoms with Crippen molar-refractivity contribution in [3.63, 3.8) is 0 Å². The van der Waals surface area contributed by atoms with Crippen molar-refractivity contribution in [2.45, 2.75) is 45.4 Å². The molecule has 0 radical (unpaired) electrons. The molecule has 1 aliphatic carbocycles. The summed E-state index contributed by atoms with van der Waals surface area (Å²) >= 11 is 0. The van der Waals surface area contributed by atoms with Crippen LogP contribution < -0.4 is 0 Å². The highest BCUT2D eigenvalue weighted by Gasteiger charge is 2.33. The lowest BCUT2D eigenvalue weighted by Gasteiger charge is -2.14. The standard InChI is InChI=1S/C11H18O2/c1-2-3-4-10-9(7-8-12)5-6-11(10)13/h8-10H,2-7H2,1H3. The van der Waals surface area contributed by atoms with E-state index in [0.717, 1.165) is 32.0 Å². The minimum Gasteiger partial charge on any atom is -0.303 e. The van der Waals surface area contributed by atoms with E-state index in [1.165, 1.54) is 0 Å². The summed E-state index contributed by atoms with van der Waals surface area (Å²) in [5, 5.41) is 0. The Kier molecular flexibility index (Phi) is 4.13. The quantitative estimate of drug-likeness (QED) is 0.612. The average molecular weight is 182 g/mol. The molecule has 1 fully saturated rings. The van der Waals surface area contributed by atoms with Crippen LogP contribution in [-0.2, 0) is 9.59 Å². The highest BCUT2D eigenvalue weighted by Crippen LogP contribution is 2.34. The van der Waals surface area contributed by atoms with Gasteiger partial charge in [0, 0.05) is 18.8 Å². The van der Waals surface area contributed by atoms with Gasteiger partial charge in [0.25, 0.3) is 0 Å². The number of ketones is 1. The van der Waals surface area contributed by atoms with E-state index in [4.69, 9.17) is 0 Å². The minimum atomic E-state index is 0.199. The Balaban J connectivity index is 2.44. The van der Waals surface area contributed by atoms with Crippen LogP contribution in [0.1, 0.15) is 45.4 Å². The van der Waals surface area contributed by atoms with Crippen molar-refractivity contribution in [1.29, 1.82) is 0 Å². The van der Waals surface area contributed by atoms with Crippen LogP contribution in [0.2, 0.25) is 0 Å². The number of carbonyl (C=O) groups is 2. The molecule has 1 rings (SSSR count). The van der Waals surface area contributed by atoms with Gasteiger partial charge in [0.15, 0.2) is 0 Å². The minimum absolute atomic E-state index is 0.199. The van der Waals surface area contributed by atoms with Crippen LogP contribution in [0.15, 0.2) is 0 Å². The summed E-state index contributed by atoms with van der Waals surface area (Å²) in [5.74, 6) is 0.946. The SMILES string of the molecule is CCCCC1C(=O)CCC1CC=O. The van der Waals surface area contributed by atoms with E-state index in [-0.39, 0.29) is 5.92 Å². The zero-order valence-corrected chi connectivity index (χ0v) is 8.29. The predicted octanol–water partition coefficient (Wildman–Crippen LogP) is 2.36. The van der Waals surface area contributed by atoms with Gasteiger partial charge in [0.05, 0.1) is 0 Å². The second-order valence-electron chi connectivity index (χ2n) is 3.92. The smallest absolute Gasteiger partial charge is 0.136 e. The Labute approximate surface area is 79.7 Å². The Morgan fingerprint density at radius 1 is 1.54 bits per heavy atom. The van der Waals surface area contributed by atoms with Gasteiger partial charge in [-0.1, -0.05) is 19.8 Å². The first-order valence-corrected chi connectivity index (χ1v) is 5.26. The molecule has 1 saturated carbocycles. The first-order valence-electron chi connectivity index (χ1n) is 5.26. The molecule has 74 valence electrons. The highest BCUT2D eigenvalue weighted by molar-refractivity contribution is 5.83. The number of hydrogen-bond acceptors (Lipinski definition) is 2. The molecule has 2 unspecified atom stereocenters. The first kappa shape index (κ1) is 10.4. The monoisotopic (exact) mass is 182 g/mol. The molecular formula is C11H18O2. The molecule has 0 aliphatic heterocycles. The Morgan fingerprint density at radius 3 is 2.92 bits per heavy atom. The summed E-state index contributed by atoms with van der Waals surface area (Å²) in [6.07, 6.45) is 6.43. The molecule has 0 aromatic heterocycles. The first-order chi connectivity index (χ1) is 6.29. The third-order valence-electron chi connectivity index (χ3n) is 3.01. The van der Waals surface area contributed by atoms with Crippen molar-refractivity contribution in [1.82, 2.24) is 0 Å². The van der Waals surface area contributed by atoms with Gasteiger partial charge < -0.3 is 4.79 Å². The summed E-state index contributed by atoms with van der Waals surface area (Å²) in [5.41, 5.74) is 0. The van der Waals surface area contributed by atoms with E-state index in [9.17, 15) is 9.59 Å². The molecular weight excluding hydrogens is 164 g/mol. The van der Waals surface area contributed by atoms with E-state index in [1.54, 1.807) is 0 Å². The Hall–Kier alpha value is -0.660. The van der Waals surface area contributed by atoms with Gasteiger partial charge in [0.2, 0.25) is 0 Å². The summed E-state index contributed by atoms with van der Waals surface area (Å²) in [7, 11) is 0. The maximum atomic E-state index is 11.4. The second-order valence-corrected chi connectivity index (χ2v) is 3.92. The molecule has 2 heteroatoms. The highest BCUT2D eigenvalue weighted by atomic mass is 16.1. The van der Waals surface area contributed by atoms with Crippen LogP contribution in [0.25, 0.3) is 0 Å². The normalized spacial score (nSPS) is 27.9. The zero-order chi connectivity index (χ0) is 9.68. The van der Waals surface area contributed by atoms with Crippen molar-refractivity contribution < 1.29 is 9.59 Å². The molecule has 0 heterocycles. The zero-order valence-electron chi connectivity index (χ0n) is 8.29. The van der Waals surface area contributed by atoms with Crippen LogP contribution in [0.5, 0.6) is 0 Å². The van der Waals surface area contributed by atoms with Crippen LogP contribution >= 0.6 is 0 Å². The fraction of sp³-hybridized carbons (Fsp3) is 0.818. The Bertz CT molecular complexity index is 187. The fourth-order valence-electron chi connectivity index (χ4n) is 2.20. The molecule has 0 amide bonds. The number of unbranched alkanes of at least 4 members (excludes halogenated alkanes) is 1. The average Bonchev–Trinajstić information content (AvgIpc) is 2.45. The van der Waals surface area contributed by atoms with Crippen LogP contribution in [0.3, 0.4) is 0 Å². The lowest BCUT2D eigenvalue weighted by atomic mass is 9.89. The third-order valence-corrected chi connectivity index (χ3v) is 3.01. The molecule has 2 nitrogen and oxygen atoms in total. The van der Waals surface area contributed by atoms with Gasteiger partial charge in [-0.05, 0) is 18.8 Å².